The topological polar surface area (TPSA) is 38.1 Å². The number of aliphatic hydroxyl groups is 1. The summed E-state index contributed by atoms with van der Waals surface area (Å²) in [5.41, 5.74) is 0.917. The third-order valence-electron chi connectivity index (χ3n) is 2.73. The molecule has 0 radical (unpaired) electrons. The molecule has 4 heteroatoms. The lowest BCUT2D eigenvalue weighted by atomic mass is 10.2. The zero-order chi connectivity index (χ0) is 10.3. The van der Waals surface area contributed by atoms with Crippen molar-refractivity contribution in [1.29, 1.82) is 0 Å². The molecule has 0 aliphatic heterocycles. The van der Waals surface area contributed by atoms with Crippen LogP contribution in [0.25, 0.3) is 0 Å². The molecule has 2 aromatic heterocycles. The minimum absolute atomic E-state index is 0.520. The highest BCUT2D eigenvalue weighted by Gasteiger charge is 2.27. The molecular weight excluding hydrogens is 208 g/mol. The smallest absolute Gasteiger partial charge is 0.130 e. The Labute approximate surface area is 92.0 Å². The average Bonchev–Trinajstić information content (AvgIpc) is 2.82. The molecule has 3 nitrogen and oxygen atoms in total. The van der Waals surface area contributed by atoms with Crippen molar-refractivity contribution in [3.05, 3.63) is 40.6 Å². The molecule has 3 rings (SSSR count). The summed E-state index contributed by atoms with van der Waals surface area (Å²) in [6, 6.07) is 4.48. The molecule has 2 aromatic rings. The second-order valence-electron chi connectivity index (χ2n) is 3.87. The predicted octanol–water partition coefficient (Wildman–Crippen LogP) is 2.36. The SMILES string of the molecule is OC(c1cccs1)c1cncn1C1CC1. The molecule has 1 aliphatic rings. The van der Waals surface area contributed by atoms with Gasteiger partial charge in [0.1, 0.15) is 6.10 Å². The van der Waals surface area contributed by atoms with Crippen LogP contribution in [0.5, 0.6) is 0 Å². The van der Waals surface area contributed by atoms with Gasteiger partial charge in [-0.25, -0.2) is 4.98 Å². The minimum Gasteiger partial charge on any atom is -0.381 e. The number of hydrogen-bond acceptors (Lipinski definition) is 3. The molecule has 2 heterocycles. The standard InChI is InChI=1S/C11H12N2OS/c14-11(10-2-1-5-15-10)9-6-12-7-13(9)8-3-4-8/h1-2,5-8,11,14H,3-4H2. The van der Waals surface area contributed by atoms with E-state index in [1.807, 2.05) is 23.8 Å². The minimum atomic E-state index is -0.520. The molecule has 0 bridgehead atoms. The van der Waals surface area contributed by atoms with Gasteiger partial charge >= 0.3 is 0 Å². The molecule has 0 aromatic carbocycles. The van der Waals surface area contributed by atoms with Crippen molar-refractivity contribution in [1.82, 2.24) is 9.55 Å². The van der Waals surface area contributed by atoms with Crippen LogP contribution in [-0.2, 0) is 0 Å². The number of aromatic nitrogens is 2. The molecule has 1 aliphatic carbocycles. The van der Waals surface area contributed by atoms with Crippen LogP contribution < -0.4 is 0 Å². The van der Waals surface area contributed by atoms with Crippen LogP contribution >= 0.6 is 11.3 Å². The summed E-state index contributed by atoms with van der Waals surface area (Å²) < 4.78 is 2.10. The Morgan fingerprint density at radius 3 is 3.07 bits per heavy atom. The summed E-state index contributed by atoms with van der Waals surface area (Å²) in [6.07, 6.45) is 5.49. The van der Waals surface area contributed by atoms with Gasteiger partial charge in [0.25, 0.3) is 0 Å². The van der Waals surface area contributed by atoms with Crippen LogP contribution in [0.2, 0.25) is 0 Å². The Balaban J connectivity index is 1.94. The number of imidazole rings is 1. The van der Waals surface area contributed by atoms with Crippen LogP contribution in [-0.4, -0.2) is 14.7 Å². The van der Waals surface area contributed by atoms with Crippen LogP contribution in [0, 0.1) is 0 Å². The van der Waals surface area contributed by atoms with E-state index in [0.29, 0.717) is 6.04 Å². The highest BCUT2D eigenvalue weighted by atomic mass is 32.1. The lowest BCUT2D eigenvalue weighted by molar-refractivity contribution is 0.213. The Morgan fingerprint density at radius 2 is 2.40 bits per heavy atom. The number of thiophene rings is 1. The third kappa shape index (κ3) is 1.60. The molecule has 78 valence electrons. The molecule has 1 saturated carbocycles. The molecule has 1 unspecified atom stereocenters. The number of nitrogens with zero attached hydrogens (tertiary/aromatic N) is 2. The van der Waals surface area contributed by atoms with Gasteiger partial charge in [0.2, 0.25) is 0 Å². The van der Waals surface area contributed by atoms with Crippen molar-refractivity contribution in [2.24, 2.45) is 0 Å². The lowest BCUT2D eigenvalue weighted by Gasteiger charge is -2.11. The fourth-order valence-corrected chi connectivity index (χ4v) is 2.50. The Morgan fingerprint density at radius 1 is 1.53 bits per heavy atom. The van der Waals surface area contributed by atoms with E-state index in [1.54, 1.807) is 17.5 Å². The van der Waals surface area contributed by atoms with E-state index in [1.165, 1.54) is 12.8 Å². The maximum atomic E-state index is 10.2. The summed E-state index contributed by atoms with van der Waals surface area (Å²) >= 11 is 1.58. The van der Waals surface area contributed by atoms with Gasteiger partial charge in [-0.2, -0.15) is 0 Å². The molecule has 0 saturated heterocycles. The van der Waals surface area contributed by atoms with Gasteiger partial charge in [-0.15, -0.1) is 11.3 Å². The van der Waals surface area contributed by atoms with E-state index in [4.69, 9.17) is 0 Å². The second-order valence-corrected chi connectivity index (χ2v) is 4.85. The molecular formula is C11H12N2OS. The second kappa shape index (κ2) is 3.47. The maximum absolute atomic E-state index is 10.2. The zero-order valence-corrected chi connectivity index (χ0v) is 9.02. The van der Waals surface area contributed by atoms with Crippen molar-refractivity contribution < 1.29 is 5.11 Å². The molecule has 1 atom stereocenters. The molecule has 1 fully saturated rings. The highest BCUT2D eigenvalue weighted by Crippen LogP contribution is 2.38. The van der Waals surface area contributed by atoms with Crippen molar-refractivity contribution in [3.8, 4) is 0 Å². The van der Waals surface area contributed by atoms with Crippen LogP contribution in [0.3, 0.4) is 0 Å². The van der Waals surface area contributed by atoms with Crippen molar-refractivity contribution >= 4 is 11.3 Å². The number of rotatable bonds is 3. The van der Waals surface area contributed by atoms with Crippen molar-refractivity contribution in [3.63, 3.8) is 0 Å². The lowest BCUT2D eigenvalue weighted by Crippen LogP contribution is -2.05. The van der Waals surface area contributed by atoms with E-state index < -0.39 is 6.10 Å². The van der Waals surface area contributed by atoms with Gasteiger partial charge < -0.3 is 9.67 Å². The average molecular weight is 220 g/mol. The van der Waals surface area contributed by atoms with E-state index in [2.05, 4.69) is 9.55 Å². The van der Waals surface area contributed by atoms with E-state index in [9.17, 15) is 5.11 Å². The number of hydrogen-bond donors (Lipinski definition) is 1. The maximum Gasteiger partial charge on any atom is 0.130 e. The summed E-state index contributed by atoms with van der Waals surface area (Å²) in [6.45, 7) is 0. The summed E-state index contributed by atoms with van der Waals surface area (Å²) in [7, 11) is 0. The largest absolute Gasteiger partial charge is 0.381 e. The monoisotopic (exact) mass is 220 g/mol. The summed E-state index contributed by atoms with van der Waals surface area (Å²) in [5, 5.41) is 12.2. The highest BCUT2D eigenvalue weighted by molar-refractivity contribution is 7.10. The van der Waals surface area contributed by atoms with Crippen LogP contribution in [0.4, 0.5) is 0 Å². The molecule has 0 amide bonds. The zero-order valence-electron chi connectivity index (χ0n) is 8.21. The number of aliphatic hydroxyl groups excluding tert-OH is 1. The fraction of sp³-hybridized carbons (Fsp3) is 0.364. The predicted molar refractivity (Wildman–Crippen MR) is 58.9 cm³/mol. The van der Waals surface area contributed by atoms with E-state index >= 15 is 0 Å². The van der Waals surface area contributed by atoms with Crippen molar-refractivity contribution in [2.45, 2.75) is 25.0 Å². The van der Waals surface area contributed by atoms with Crippen LogP contribution in [0.15, 0.2) is 30.0 Å². The van der Waals surface area contributed by atoms with E-state index in [-0.39, 0.29) is 0 Å². The Hall–Kier alpha value is -1.13. The van der Waals surface area contributed by atoms with E-state index in [0.717, 1.165) is 10.6 Å². The fourth-order valence-electron chi connectivity index (χ4n) is 1.78. The molecule has 0 spiro atoms. The van der Waals surface area contributed by atoms with Crippen molar-refractivity contribution in [2.75, 3.05) is 0 Å². The van der Waals surface area contributed by atoms with Gasteiger partial charge in [0.15, 0.2) is 0 Å². The summed E-state index contributed by atoms with van der Waals surface area (Å²) in [4.78, 5) is 5.11. The first-order chi connectivity index (χ1) is 7.36. The Bertz CT molecular complexity index is 445. The quantitative estimate of drug-likeness (QED) is 0.862. The Kier molecular flexibility index (Phi) is 2.11. The van der Waals surface area contributed by atoms with Gasteiger partial charge in [0, 0.05) is 10.9 Å². The molecule has 15 heavy (non-hydrogen) atoms. The third-order valence-corrected chi connectivity index (χ3v) is 3.65. The van der Waals surface area contributed by atoms with Gasteiger partial charge in [0.05, 0.1) is 18.2 Å². The normalized spacial score (nSPS) is 17.9. The first-order valence-corrected chi connectivity index (χ1v) is 5.97. The van der Waals surface area contributed by atoms with Gasteiger partial charge in [-0.3, -0.25) is 0 Å². The van der Waals surface area contributed by atoms with Crippen LogP contribution in [0.1, 0.15) is 35.6 Å². The first kappa shape index (κ1) is 9.12. The summed E-state index contributed by atoms with van der Waals surface area (Å²) in [5.74, 6) is 0. The van der Waals surface area contributed by atoms with Gasteiger partial charge in [-0.1, -0.05) is 6.07 Å². The van der Waals surface area contributed by atoms with Gasteiger partial charge in [-0.05, 0) is 24.3 Å². The first-order valence-electron chi connectivity index (χ1n) is 5.09. The molecule has 1 N–H and O–H groups in total.